The van der Waals surface area contributed by atoms with Crippen molar-refractivity contribution in [1.29, 1.82) is 0 Å². The van der Waals surface area contributed by atoms with Crippen LogP contribution in [-0.2, 0) is 14.3 Å². The Morgan fingerprint density at radius 2 is 1.88 bits per heavy atom. The van der Waals surface area contributed by atoms with Crippen molar-refractivity contribution in [2.24, 2.45) is 28.6 Å². The van der Waals surface area contributed by atoms with E-state index in [0.29, 0.717) is 18.8 Å². The van der Waals surface area contributed by atoms with Gasteiger partial charge in [0.1, 0.15) is 6.10 Å². The Bertz CT molecular complexity index is 636. The van der Waals surface area contributed by atoms with Gasteiger partial charge in [-0.2, -0.15) is 0 Å². The summed E-state index contributed by atoms with van der Waals surface area (Å²) >= 11 is 0. The van der Waals surface area contributed by atoms with Crippen LogP contribution in [0.5, 0.6) is 0 Å². The first-order chi connectivity index (χ1) is 12.1. The van der Waals surface area contributed by atoms with Gasteiger partial charge in [-0.25, -0.2) is 4.39 Å². The highest BCUT2D eigenvalue weighted by Crippen LogP contribution is 2.67. The molecule has 0 saturated heterocycles. The standard InChI is InChI=1S/C21H31FO4/c1-12(23)26-18-5-4-15-14-10-17(25)21(22)11-13(24)6-9-20(21,3)16(14)7-8-19(15,18)2/h13-16,18,24H,4-11H2,1-3H3/t13?,14-,15-,16-,18?,19-,20+,21-/m0/s1. The van der Waals surface area contributed by atoms with Crippen molar-refractivity contribution >= 4 is 11.8 Å². The van der Waals surface area contributed by atoms with Gasteiger partial charge < -0.3 is 9.84 Å². The summed E-state index contributed by atoms with van der Waals surface area (Å²) in [5.41, 5.74) is -2.66. The van der Waals surface area contributed by atoms with Crippen LogP contribution in [0.4, 0.5) is 4.39 Å². The number of esters is 1. The predicted octanol–water partition coefficient (Wildman–Crippen LogP) is 3.59. The summed E-state index contributed by atoms with van der Waals surface area (Å²) in [5, 5.41) is 10.0. The zero-order valence-electron chi connectivity index (χ0n) is 16.1. The number of ketones is 1. The van der Waals surface area contributed by atoms with Crippen molar-refractivity contribution < 1.29 is 23.8 Å². The summed E-state index contributed by atoms with van der Waals surface area (Å²) in [4.78, 5) is 24.5. The van der Waals surface area contributed by atoms with Crippen molar-refractivity contribution in [3.05, 3.63) is 0 Å². The fourth-order valence-corrected chi connectivity index (χ4v) is 7.32. The molecule has 1 N–H and O–H groups in total. The first kappa shape index (κ1) is 18.4. The quantitative estimate of drug-likeness (QED) is 0.720. The van der Waals surface area contributed by atoms with E-state index in [1.807, 2.05) is 6.92 Å². The topological polar surface area (TPSA) is 63.6 Å². The van der Waals surface area contributed by atoms with Gasteiger partial charge in [0.25, 0.3) is 0 Å². The summed E-state index contributed by atoms with van der Waals surface area (Å²) in [7, 11) is 0. The molecule has 0 aromatic carbocycles. The van der Waals surface area contributed by atoms with Gasteiger partial charge in [-0.15, -0.1) is 0 Å². The van der Waals surface area contributed by atoms with E-state index in [2.05, 4.69) is 6.92 Å². The van der Waals surface area contributed by atoms with E-state index in [4.69, 9.17) is 4.74 Å². The molecule has 4 aliphatic rings. The Hall–Kier alpha value is -0.970. The lowest BCUT2D eigenvalue weighted by Crippen LogP contribution is -2.65. The lowest BCUT2D eigenvalue weighted by molar-refractivity contribution is -0.194. The van der Waals surface area contributed by atoms with Crippen LogP contribution in [0.1, 0.15) is 72.1 Å². The number of carbonyl (C=O) groups is 2. The molecule has 0 radical (unpaired) electrons. The molecular weight excluding hydrogens is 335 g/mol. The second kappa shape index (κ2) is 5.76. The smallest absolute Gasteiger partial charge is 0.302 e. The Morgan fingerprint density at radius 3 is 2.58 bits per heavy atom. The van der Waals surface area contributed by atoms with E-state index >= 15 is 4.39 Å². The Morgan fingerprint density at radius 1 is 1.15 bits per heavy atom. The molecule has 4 rings (SSSR count). The minimum Gasteiger partial charge on any atom is -0.462 e. The van der Waals surface area contributed by atoms with Gasteiger partial charge in [-0.05, 0) is 56.3 Å². The average Bonchev–Trinajstić information content (AvgIpc) is 2.87. The third-order valence-corrected chi connectivity index (χ3v) is 8.76. The molecule has 0 aromatic heterocycles. The van der Waals surface area contributed by atoms with Gasteiger partial charge in [0, 0.05) is 30.6 Å². The number of hydrogen-bond acceptors (Lipinski definition) is 4. The first-order valence-electron chi connectivity index (χ1n) is 10.2. The molecule has 0 heterocycles. The number of aliphatic hydroxyl groups excluding tert-OH is 1. The van der Waals surface area contributed by atoms with Crippen LogP contribution in [0, 0.1) is 28.6 Å². The van der Waals surface area contributed by atoms with Crippen LogP contribution in [0.3, 0.4) is 0 Å². The molecule has 4 aliphatic carbocycles. The predicted molar refractivity (Wildman–Crippen MR) is 94.0 cm³/mol. The lowest BCUT2D eigenvalue weighted by atomic mass is 9.44. The summed E-state index contributed by atoms with van der Waals surface area (Å²) in [6.07, 6.45) is 4.18. The Balaban J connectivity index is 1.66. The molecule has 4 nitrogen and oxygen atoms in total. The van der Waals surface area contributed by atoms with Crippen molar-refractivity contribution in [3.8, 4) is 0 Å². The number of halogens is 1. The molecule has 26 heavy (non-hydrogen) atoms. The number of Topliss-reactive ketones (excluding diaryl/α,β-unsaturated/α-hetero) is 1. The molecular formula is C21H31FO4. The zero-order valence-corrected chi connectivity index (χ0v) is 16.1. The summed E-state index contributed by atoms with van der Waals surface area (Å²) < 4.78 is 21.6. The lowest BCUT2D eigenvalue weighted by Gasteiger charge is -2.61. The maximum absolute atomic E-state index is 15.9. The van der Waals surface area contributed by atoms with Gasteiger partial charge >= 0.3 is 5.97 Å². The number of hydrogen-bond donors (Lipinski definition) is 1. The van der Waals surface area contributed by atoms with E-state index in [0.717, 1.165) is 25.7 Å². The highest BCUT2D eigenvalue weighted by Gasteiger charge is 2.68. The van der Waals surface area contributed by atoms with Crippen LogP contribution in [0.25, 0.3) is 0 Å². The molecule has 0 bridgehead atoms. The van der Waals surface area contributed by atoms with Crippen LogP contribution in [-0.4, -0.2) is 34.7 Å². The van der Waals surface area contributed by atoms with E-state index in [1.54, 1.807) is 0 Å². The normalized spacial score (nSPS) is 53.4. The highest BCUT2D eigenvalue weighted by molar-refractivity contribution is 5.90. The second-order valence-electron chi connectivity index (χ2n) is 9.84. The van der Waals surface area contributed by atoms with E-state index in [-0.39, 0.29) is 47.9 Å². The zero-order chi connectivity index (χ0) is 18.9. The Labute approximate surface area is 154 Å². The maximum Gasteiger partial charge on any atom is 0.302 e. The molecule has 0 amide bonds. The van der Waals surface area contributed by atoms with Crippen molar-refractivity contribution in [2.75, 3.05) is 0 Å². The van der Waals surface area contributed by atoms with Gasteiger partial charge in [-0.1, -0.05) is 13.8 Å². The molecule has 146 valence electrons. The van der Waals surface area contributed by atoms with Crippen LogP contribution < -0.4 is 0 Å². The van der Waals surface area contributed by atoms with Gasteiger partial charge in [-0.3, -0.25) is 9.59 Å². The molecule has 5 heteroatoms. The van der Waals surface area contributed by atoms with E-state index in [9.17, 15) is 14.7 Å². The van der Waals surface area contributed by atoms with Crippen molar-refractivity contribution in [2.45, 2.75) is 90.0 Å². The fraction of sp³-hybridized carbons (Fsp3) is 0.905. The fourth-order valence-electron chi connectivity index (χ4n) is 7.32. The molecule has 4 fully saturated rings. The second-order valence-corrected chi connectivity index (χ2v) is 9.84. The van der Waals surface area contributed by atoms with Crippen molar-refractivity contribution in [1.82, 2.24) is 0 Å². The third-order valence-electron chi connectivity index (χ3n) is 8.76. The van der Waals surface area contributed by atoms with E-state index in [1.165, 1.54) is 6.92 Å². The first-order valence-corrected chi connectivity index (χ1v) is 10.2. The van der Waals surface area contributed by atoms with Crippen molar-refractivity contribution in [3.63, 3.8) is 0 Å². The van der Waals surface area contributed by atoms with Crippen LogP contribution in [0.2, 0.25) is 0 Å². The van der Waals surface area contributed by atoms with E-state index < -0.39 is 17.2 Å². The molecule has 0 aliphatic heterocycles. The third kappa shape index (κ3) is 2.28. The van der Waals surface area contributed by atoms with Gasteiger partial charge in [0.15, 0.2) is 11.5 Å². The number of alkyl halides is 1. The molecule has 8 atom stereocenters. The maximum atomic E-state index is 15.9. The number of aliphatic hydroxyl groups is 1. The highest BCUT2D eigenvalue weighted by atomic mass is 19.1. The van der Waals surface area contributed by atoms with Gasteiger partial charge in [0.2, 0.25) is 0 Å². The minimum absolute atomic E-state index is 0.0381. The molecule has 0 aromatic rings. The number of fused-ring (bicyclic) bond motifs is 5. The summed E-state index contributed by atoms with van der Waals surface area (Å²) in [5.74, 6) is 0.107. The summed E-state index contributed by atoms with van der Waals surface area (Å²) in [6, 6.07) is 0. The molecule has 4 saturated carbocycles. The number of carbonyl (C=O) groups excluding carboxylic acids is 2. The van der Waals surface area contributed by atoms with Crippen LogP contribution in [0.15, 0.2) is 0 Å². The number of ether oxygens (including phenoxy) is 1. The molecule has 2 unspecified atom stereocenters. The SMILES string of the molecule is CC(=O)OC1CC[C@H]2[C@@H]3CC(=O)[C@@]4(F)CC(O)CC[C@]4(C)[C@H]3CC[C@]12C. The molecule has 0 spiro atoms. The average molecular weight is 366 g/mol. The van der Waals surface area contributed by atoms with Crippen LogP contribution >= 0.6 is 0 Å². The monoisotopic (exact) mass is 366 g/mol. The Kier molecular flexibility index (Phi) is 4.08. The summed E-state index contributed by atoms with van der Waals surface area (Å²) in [6.45, 7) is 5.61. The number of rotatable bonds is 1. The largest absolute Gasteiger partial charge is 0.462 e. The van der Waals surface area contributed by atoms with Gasteiger partial charge in [0.05, 0.1) is 6.10 Å². The minimum atomic E-state index is -1.88.